The monoisotopic (exact) mass is 301 g/mol. The van der Waals surface area contributed by atoms with Crippen LogP contribution >= 0.6 is 15.9 Å². The SMILES string of the molecule is CC(c1ccc(Br)cc1F)N1CC(C(=O)O)C1. The van der Waals surface area contributed by atoms with Crippen molar-refractivity contribution in [1.82, 2.24) is 4.90 Å². The van der Waals surface area contributed by atoms with Gasteiger partial charge < -0.3 is 5.11 Å². The first kappa shape index (κ1) is 12.5. The molecule has 5 heteroatoms. The van der Waals surface area contributed by atoms with Crippen LogP contribution in [-0.2, 0) is 4.79 Å². The number of hydrogen-bond acceptors (Lipinski definition) is 2. The third kappa shape index (κ3) is 2.50. The molecule has 1 aliphatic rings. The Labute approximate surface area is 107 Å². The van der Waals surface area contributed by atoms with Crippen molar-refractivity contribution in [2.24, 2.45) is 5.92 Å². The number of carboxylic acid groups (broad SMARTS) is 1. The number of halogens is 2. The van der Waals surface area contributed by atoms with E-state index in [1.54, 1.807) is 12.1 Å². The Bertz CT molecular complexity index is 446. The Morgan fingerprint density at radius 2 is 2.24 bits per heavy atom. The van der Waals surface area contributed by atoms with Gasteiger partial charge in [-0.3, -0.25) is 9.69 Å². The fraction of sp³-hybridized carbons (Fsp3) is 0.417. The van der Waals surface area contributed by atoms with Crippen LogP contribution in [-0.4, -0.2) is 29.1 Å². The largest absolute Gasteiger partial charge is 0.481 e. The van der Waals surface area contributed by atoms with Crippen molar-refractivity contribution in [2.45, 2.75) is 13.0 Å². The molecule has 1 N–H and O–H groups in total. The summed E-state index contributed by atoms with van der Waals surface area (Å²) in [6.07, 6.45) is 0. The number of aliphatic carboxylic acids is 1. The second kappa shape index (κ2) is 4.74. The van der Waals surface area contributed by atoms with Gasteiger partial charge in [0.2, 0.25) is 0 Å². The van der Waals surface area contributed by atoms with Gasteiger partial charge in [0, 0.05) is 29.2 Å². The van der Waals surface area contributed by atoms with Crippen LogP contribution in [0, 0.1) is 11.7 Å². The van der Waals surface area contributed by atoms with Crippen molar-refractivity contribution in [1.29, 1.82) is 0 Å². The lowest BCUT2D eigenvalue weighted by molar-refractivity contribution is -0.148. The summed E-state index contributed by atoms with van der Waals surface area (Å²) < 4.78 is 14.4. The van der Waals surface area contributed by atoms with E-state index in [0.29, 0.717) is 23.1 Å². The van der Waals surface area contributed by atoms with Gasteiger partial charge in [0.1, 0.15) is 5.82 Å². The molecular weight excluding hydrogens is 289 g/mol. The molecule has 1 aliphatic heterocycles. The van der Waals surface area contributed by atoms with E-state index in [9.17, 15) is 9.18 Å². The van der Waals surface area contributed by atoms with Crippen LogP contribution < -0.4 is 0 Å². The number of carbonyl (C=O) groups is 1. The van der Waals surface area contributed by atoms with Crippen molar-refractivity contribution in [2.75, 3.05) is 13.1 Å². The summed E-state index contributed by atoms with van der Waals surface area (Å²) >= 11 is 3.21. The quantitative estimate of drug-likeness (QED) is 0.933. The Kier molecular flexibility index (Phi) is 3.49. The van der Waals surface area contributed by atoms with Crippen molar-refractivity contribution in [3.05, 3.63) is 34.1 Å². The van der Waals surface area contributed by atoms with E-state index >= 15 is 0 Å². The van der Waals surface area contributed by atoms with E-state index < -0.39 is 5.97 Å². The number of rotatable bonds is 3. The maximum absolute atomic E-state index is 13.7. The smallest absolute Gasteiger partial charge is 0.309 e. The minimum absolute atomic E-state index is 0.0845. The highest BCUT2D eigenvalue weighted by atomic mass is 79.9. The lowest BCUT2D eigenvalue weighted by Gasteiger charge is -2.41. The summed E-state index contributed by atoms with van der Waals surface area (Å²) in [5.41, 5.74) is 0.608. The number of benzene rings is 1. The summed E-state index contributed by atoms with van der Waals surface area (Å²) in [7, 11) is 0. The zero-order valence-electron chi connectivity index (χ0n) is 9.36. The molecule has 1 aromatic carbocycles. The van der Waals surface area contributed by atoms with Crippen LogP contribution in [0.2, 0.25) is 0 Å². The summed E-state index contributed by atoms with van der Waals surface area (Å²) in [6, 6.07) is 4.88. The molecule has 0 aliphatic carbocycles. The molecule has 2 rings (SSSR count). The van der Waals surface area contributed by atoms with E-state index in [1.165, 1.54) is 6.07 Å². The second-order valence-electron chi connectivity index (χ2n) is 4.33. The molecule has 1 fully saturated rings. The minimum Gasteiger partial charge on any atom is -0.481 e. The van der Waals surface area contributed by atoms with Gasteiger partial charge in [-0.1, -0.05) is 22.0 Å². The van der Waals surface area contributed by atoms with Crippen molar-refractivity contribution >= 4 is 21.9 Å². The normalized spacial score (nSPS) is 18.8. The van der Waals surface area contributed by atoms with Gasteiger partial charge >= 0.3 is 5.97 Å². The fourth-order valence-corrected chi connectivity index (χ4v) is 2.36. The average molecular weight is 302 g/mol. The Hall–Kier alpha value is -0.940. The molecule has 0 spiro atoms. The summed E-state index contributed by atoms with van der Waals surface area (Å²) in [5.74, 6) is -1.34. The topological polar surface area (TPSA) is 40.5 Å². The van der Waals surface area contributed by atoms with Crippen LogP contribution in [0.25, 0.3) is 0 Å². The maximum Gasteiger partial charge on any atom is 0.309 e. The fourth-order valence-electron chi connectivity index (χ4n) is 2.02. The predicted molar refractivity (Wildman–Crippen MR) is 65.2 cm³/mol. The summed E-state index contributed by atoms with van der Waals surface area (Å²) in [6.45, 7) is 2.88. The zero-order valence-corrected chi connectivity index (χ0v) is 10.9. The maximum atomic E-state index is 13.7. The summed E-state index contributed by atoms with van der Waals surface area (Å²) in [5, 5.41) is 8.79. The molecule has 0 radical (unpaired) electrons. The van der Waals surface area contributed by atoms with Gasteiger partial charge in [-0.25, -0.2) is 4.39 Å². The number of carboxylic acids is 1. The molecule has 0 amide bonds. The molecule has 0 aromatic heterocycles. The van der Waals surface area contributed by atoms with Crippen molar-refractivity contribution < 1.29 is 14.3 Å². The first-order valence-electron chi connectivity index (χ1n) is 5.41. The van der Waals surface area contributed by atoms with Crippen LogP contribution in [0.15, 0.2) is 22.7 Å². The van der Waals surface area contributed by atoms with E-state index in [4.69, 9.17) is 5.11 Å². The number of likely N-dealkylation sites (tertiary alicyclic amines) is 1. The van der Waals surface area contributed by atoms with E-state index in [-0.39, 0.29) is 17.8 Å². The highest BCUT2D eigenvalue weighted by molar-refractivity contribution is 9.10. The first-order valence-corrected chi connectivity index (χ1v) is 6.20. The van der Waals surface area contributed by atoms with Crippen LogP contribution in [0.1, 0.15) is 18.5 Å². The van der Waals surface area contributed by atoms with Gasteiger partial charge in [-0.15, -0.1) is 0 Å². The van der Waals surface area contributed by atoms with Gasteiger partial charge in [-0.2, -0.15) is 0 Å². The number of nitrogens with zero attached hydrogens (tertiary/aromatic N) is 1. The third-order valence-electron chi connectivity index (χ3n) is 3.22. The molecule has 1 aromatic rings. The molecule has 1 atom stereocenters. The van der Waals surface area contributed by atoms with Crippen LogP contribution in [0.3, 0.4) is 0 Å². The Morgan fingerprint density at radius 1 is 1.59 bits per heavy atom. The molecule has 0 saturated carbocycles. The standard InChI is InChI=1S/C12H13BrFNO2/c1-7(15-5-8(6-15)12(16)17)10-3-2-9(13)4-11(10)14/h2-4,7-8H,5-6H2,1H3,(H,16,17). The Balaban J connectivity index is 2.06. The molecule has 1 saturated heterocycles. The minimum atomic E-state index is -0.773. The van der Waals surface area contributed by atoms with Gasteiger partial charge in [0.25, 0.3) is 0 Å². The van der Waals surface area contributed by atoms with E-state index in [1.807, 2.05) is 11.8 Å². The first-order chi connectivity index (χ1) is 7.99. The van der Waals surface area contributed by atoms with Crippen LogP contribution in [0.4, 0.5) is 4.39 Å². The molecule has 17 heavy (non-hydrogen) atoms. The average Bonchev–Trinajstić information content (AvgIpc) is 2.13. The molecule has 3 nitrogen and oxygen atoms in total. The van der Waals surface area contributed by atoms with Gasteiger partial charge in [0.15, 0.2) is 0 Å². The van der Waals surface area contributed by atoms with Crippen LogP contribution in [0.5, 0.6) is 0 Å². The molecule has 92 valence electrons. The second-order valence-corrected chi connectivity index (χ2v) is 5.25. The lowest BCUT2D eigenvalue weighted by atomic mass is 9.95. The van der Waals surface area contributed by atoms with Gasteiger partial charge in [-0.05, 0) is 19.1 Å². The zero-order chi connectivity index (χ0) is 12.6. The number of hydrogen-bond donors (Lipinski definition) is 1. The highest BCUT2D eigenvalue weighted by Crippen LogP contribution is 2.30. The predicted octanol–water partition coefficient (Wildman–Crippen LogP) is 2.67. The van der Waals surface area contributed by atoms with E-state index in [2.05, 4.69) is 15.9 Å². The molecule has 0 bridgehead atoms. The lowest BCUT2D eigenvalue weighted by Crippen LogP contribution is -2.51. The molecular formula is C12H13BrFNO2. The van der Waals surface area contributed by atoms with Gasteiger partial charge in [0.05, 0.1) is 5.92 Å². The Morgan fingerprint density at radius 3 is 2.76 bits per heavy atom. The highest BCUT2D eigenvalue weighted by Gasteiger charge is 2.36. The van der Waals surface area contributed by atoms with Crippen molar-refractivity contribution in [3.63, 3.8) is 0 Å². The van der Waals surface area contributed by atoms with E-state index in [0.717, 1.165) is 0 Å². The van der Waals surface area contributed by atoms with Crippen molar-refractivity contribution in [3.8, 4) is 0 Å². The summed E-state index contributed by atoms with van der Waals surface area (Å²) in [4.78, 5) is 12.7. The molecule has 1 heterocycles. The third-order valence-corrected chi connectivity index (χ3v) is 3.71. The molecule has 1 unspecified atom stereocenters.